The van der Waals surface area contributed by atoms with Crippen LogP contribution in [-0.2, 0) is 4.74 Å². The molecule has 2 heterocycles. The molecule has 0 N–H and O–H groups in total. The second-order valence-corrected chi connectivity index (χ2v) is 6.75. The Morgan fingerprint density at radius 3 is 2.60 bits per heavy atom. The monoisotopic (exact) mass is 272 g/mol. The Kier molecular flexibility index (Phi) is 2.98. The molecule has 1 aromatic carbocycles. The molecule has 0 saturated carbocycles. The van der Waals surface area contributed by atoms with E-state index in [9.17, 15) is 0 Å². The van der Waals surface area contributed by atoms with Crippen LogP contribution in [0.5, 0.6) is 5.75 Å². The Labute approximate surface area is 121 Å². The zero-order valence-electron chi connectivity index (χ0n) is 12.9. The summed E-state index contributed by atoms with van der Waals surface area (Å²) in [5.41, 5.74) is 1.85. The van der Waals surface area contributed by atoms with Crippen molar-refractivity contribution in [3.8, 4) is 5.75 Å². The molecule has 2 saturated heterocycles. The summed E-state index contributed by atoms with van der Waals surface area (Å²) in [7, 11) is 0. The summed E-state index contributed by atoms with van der Waals surface area (Å²) in [6.07, 6.45) is 2.06. The first-order valence-corrected chi connectivity index (χ1v) is 7.51. The molecule has 0 aliphatic carbocycles. The Hall–Kier alpha value is -1.28. The molecule has 0 spiro atoms. The van der Waals surface area contributed by atoms with Gasteiger partial charge in [-0.3, -0.25) is 0 Å². The molecular weight excluding hydrogens is 248 g/mol. The molecule has 2 fully saturated rings. The number of aryl methyl sites for hydroxylation is 1. The second-order valence-electron chi connectivity index (χ2n) is 6.75. The van der Waals surface area contributed by atoms with Crippen LogP contribution in [0.1, 0.15) is 39.2 Å². The van der Waals surface area contributed by atoms with Gasteiger partial charge in [-0.1, -0.05) is 38.6 Å². The maximum atomic E-state index is 6.42. The Balaban J connectivity index is 1.92. The van der Waals surface area contributed by atoms with Gasteiger partial charge in [0.05, 0.1) is 5.60 Å². The molecule has 2 aliphatic rings. The second kappa shape index (κ2) is 4.36. The van der Waals surface area contributed by atoms with Crippen molar-refractivity contribution in [2.75, 3.05) is 0 Å². The van der Waals surface area contributed by atoms with Crippen molar-refractivity contribution >= 4 is 0 Å². The van der Waals surface area contributed by atoms with Crippen LogP contribution in [0.3, 0.4) is 0 Å². The van der Waals surface area contributed by atoms with Crippen molar-refractivity contribution in [3.05, 3.63) is 42.0 Å². The number of fused-ring (bicyclic) bond motifs is 2. The fraction of sp³-hybridized carbons (Fsp3) is 0.556. The van der Waals surface area contributed by atoms with Crippen LogP contribution in [0.25, 0.3) is 0 Å². The largest absolute Gasteiger partial charge is 0.483 e. The molecule has 3 rings (SSSR count). The minimum atomic E-state index is -0.233. The van der Waals surface area contributed by atoms with E-state index in [0.717, 1.165) is 29.7 Å². The number of hydrogen-bond donors (Lipinski definition) is 0. The predicted molar refractivity (Wildman–Crippen MR) is 81.0 cm³/mol. The van der Waals surface area contributed by atoms with Gasteiger partial charge in [0, 0.05) is 0 Å². The van der Waals surface area contributed by atoms with Crippen LogP contribution in [0, 0.1) is 12.8 Å². The first-order chi connectivity index (χ1) is 9.39. The van der Waals surface area contributed by atoms with E-state index in [1.165, 1.54) is 0 Å². The van der Waals surface area contributed by atoms with Gasteiger partial charge in [0.1, 0.15) is 11.4 Å². The van der Waals surface area contributed by atoms with Crippen molar-refractivity contribution < 1.29 is 9.47 Å². The minimum Gasteiger partial charge on any atom is -0.483 e. The quantitative estimate of drug-likeness (QED) is 0.765. The molecule has 108 valence electrons. The maximum absolute atomic E-state index is 6.42. The lowest BCUT2D eigenvalue weighted by Gasteiger charge is -2.34. The van der Waals surface area contributed by atoms with Gasteiger partial charge in [-0.05, 0) is 49.8 Å². The van der Waals surface area contributed by atoms with E-state index in [1.807, 2.05) is 18.2 Å². The first kappa shape index (κ1) is 13.7. The minimum absolute atomic E-state index is 0.0419. The maximum Gasteiger partial charge on any atom is 0.151 e. The van der Waals surface area contributed by atoms with Gasteiger partial charge in [0.15, 0.2) is 6.10 Å². The van der Waals surface area contributed by atoms with Gasteiger partial charge < -0.3 is 9.47 Å². The molecule has 20 heavy (non-hydrogen) atoms. The van der Waals surface area contributed by atoms with E-state index in [4.69, 9.17) is 9.47 Å². The number of benzene rings is 1. The van der Waals surface area contributed by atoms with Crippen LogP contribution in [0.15, 0.2) is 36.4 Å². The zero-order chi connectivity index (χ0) is 14.5. The van der Waals surface area contributed by atoms with Crippen molar-refractivity contribution in [2.24, 2.45) is 5.92 Å². The van der Waals surface area contributed by atoms with E-state index >= 15 is 0 Å². The van der Waals surface area contributed by atoms with E-state index in [-0.39, 0.29) is 17.3 Å². The van der Waals surface area contributed by atoms with Crippen LogP contribution in [0.2, 0.25) is 0 Å². The summed E-state index contributed by atoms with van der Waals surface area (Å²) in [6, 6.07) is 8.15. The summed E-state index contributed by atoms with van der Waals surface area (Å²) < 4.78 is 12.7. The highest BCUT2D eigenvalue weighted by Crippen LogP contribution is 2.57. The van der Waals surface area contributed by atoms with E-state index < -0.39 is 0 Å². The lowest BCUT2D eigenvalue weighted by molar-refractivity contribution is -0.0738. The number of ether oxygens (including phenoxy) is 2. The highest BCUT2D eigenvalue weighted by Gasteiger charge is 2.64. The van der Waals surface area contributed by atoms with Crippen LogP contribution >= 0.6 is 0 Å². The van der Waals surface area contributed by atoms with Crippen LogP contribution in [-0.4, -0.2) is 17.3 Å². The highest BCUT2D eigenvalue weighted by atomic mass is 16.6. The zero-order valence-corrected chi connectivity index (χ0v) is 12.9. The van der Waals surface area contributed by atoms with E-state index in [2.05, 4.69) is 40.3 Å². The molecular formula is C18H24O2. The van der Waals surface area contributed by atoms with Crippen molar-refractivity contribution in [1.29, 1.82) is 0 Å². The van der Waals surface area contributed by atoms with Crippen molar-refractivity contribution in [3.63, 3.8) is 0 Å². The van der Waals surface area contributed by atoms with E-state index in [1.54, 1.807) is 0 Å². The molecule has 2 bridgehead atoms. The van der Waals surface area contributed by atoms with Crippen molar-refractivity contribution in [2.45, 2.75) is 57.8 Å². The molecule has 3 atom stereocenters. The van der Waals surface area contributed by atoms with Crippen LogP contribution < -0.4 is 4.74 Å². The van der Waals surface area contributed by atoms with Gasteiger partial charge in [-0.2, -0.15) is 0 Å². The van der Waals surface area contributed by atoms with Crippen molar-refractivity contribution in [1.82, 2.24) is 0 Å². The highest BCUT2D eigenvalue weighted by molar-refractivity contribution is 5.38. The molecule has 0 radical (unpaired) electrons. The number of para-hydroxylation sites is 1. The van der Waals surface area contributed by atoms with Gasteiger partial charge in [-0.15, -0.1) is 0 Å². The number of hydrogen-bond acceptors (Lipinski definition) is 2. The predicted octanol–water partition coefficient (Wildman–Crippen LogP) is 4.28. The summed E-state index contributed by atoms with van der Waals surface area (Å²) in [6.45, 7) is 13.0. The topological polar surface area (TPSA) is 18.5 Å². The van der Waals surface area contributed by atoms with Gasteiger partial charge in [0.25, 0.3) is 0 Å². The van der Waals surface area contributed by atoms with Gasteiger partial charge >= 0.3 is 0 Å². The Morgan fingerprint density at radius 2 is 2.00 bits per heavy atom. The van der Waals surface area contributed by atoms with E-state index in [0.29, 0.717) is 5.92 Å². The SMILES string of the molecule is C=C1[C@@H](Oc2ccccc2C)[C@]2(C)CC[C@@]1(C(C)C)O2. The smallest absolute Gasteiger partial charge is 0.151 e. The average molecular weight is 272 g/mol. The molecule has 1 aromatic rings. The molecule has 2 aliphatic heterocycles. The molecule has 2 nitrogen and oxygen atoms in total. The Morgan fingerprint density at radius 1 is 1.30 bits per heavy atom. The Bertz CT molecular complexity index is 548. The lowest BCUT2D eigenvalue weighted by Crippen LogP contribution is -2.42. The molecule has 0 aromatic heterocycles. The average Bonchev–Trinajstić information content (AvgIpc) is 2.86. The summed E-state index contributed by atoms with van der Waals surface area (Å²) in [4.78, 5) is 0. The molecule has 0 unspecified atom stereocenters. The van der Waals surface area contributed by atoms with Crippen LogP contribution in [0.4, 0.5) is 0 Å². The third-order valence-electron chi connectivity index (χ3n) is 5.09. The summed E-state index contributed by atoms with van der Waals surface area (Å²) in [5.74, 6) is 1.37. The van der Waals surface area contributed by atoms with Gasteiger partial charge in [-0.25, -0.2) is 0 Å². The summed E-state index contributed by atoms with van der Waals surface area (Å²) in [5, 5.41) is 0. The normalized spacial score (nSPS) is 35.9. The third kappa shape index (κ3) is 1.74. The van der Waals surface area contributed by atoms with Gasteiger partial charge in [0.2, 0.25) is 0 Å². The number of rotatable bonds is 3. The fourth-order valence-electron chi connectivity index (χ4n) is 3.74. The molecule has 0 amide bonds. The fourth-order valence-corrected chi connectivity index (χ4v) is 3.74. The summed E-state index contributed by atoms with van der Waals surface area (Å²) >= 11 is 0. The lowest BCUT2D eigenvalue weighted by atomic mass is 9.72. The first-order valence-electron chi connectivity index (χ1n) is 7.51. The standard InChI is InChI=1S/C18H24O2/c1-12(2)18-11-10-17(5,20-18)16(14(18)4)19-15-9-7-6-8-13(15)3/h6-9,12,16H,4,10-11H2,1-3,5H3/t16-,17+,18+/m1/s1. The molecule has 2 heteroatoms. The third-order valence-corrected chi connectivity index (χ3v) is 5.09.